The Hall–Kier alpha value is 0.783. The van der Waals surface area contributed by atoms with Gasteiger partial charge in [-0.1, -0.05) is 51.4 Å². The van der Waals surface area contributed by atoms with E-state index >= 15 is 0 Å². The quantitative estimate of drug-likeness (QED) is 0.183. The van der Waals surface area contributed by atoms with E-state index in [0.29, 0.717) is 49.3 Å². The molecule has 4 saturated carbocycles. The molecule has 0 amide bonds. The van der Waals surface area contributed by atoms with E-state index in [-0.39, 0.29) is 36.5 Å². The van der Waals surface area contributed by atoms with Gasteiger partial charge in [0.1, 0.15) is 0 Å². The predicted octanol–water partition coefficient (Wildman–Crippen LogP) is 3.18. The van der Waals surface area contributed by atoms with E-state index in [9.17, 15) is 0 Å². The third-order valence-electron chi connectivity index (χ3n) is 13.8. The minimum atomic E-state index is 0. The first-order valence-electron chi connectivity index (χ1n) is 17.9. The second-order valence-electron chi connectivity index (χ2n) is 15.6. The molecule has 0 aromatic heterocycles. The normalized spacial score (nSPS) is 54.9. The van der Waals surface area contributed by atoms with Crippen LogP contribution in [0, 0.1) is 47.3 Å². The summed E-state index contributed by atoms with van der Waals surface area (Å²) in [6.07, 6.45) is 25.6. The largest absolute Gasteiger partial charge is 0.286 e. The summed E-state index contributed by atoms with van der Waals surface area (Å²) in [5, 5.41) is 33.8. The maximum Gasteiger partial charge on any atom is 0.0628 e. The van der Waals surface area contributed by atoms with E-state index in [0.717, 1.165) is 47.3 Å². The Morgan fingerprint density at radius 1 is 0.238 bits per heavy atom. The van der Waals surface area contributed by atoms with Crippen molar-refractivity contribution in [3.05, 3.63) is 0 Å². The van der Waals surface area contributed by atoms with Crippen molar-refractivity contribution in [2.75, 3.05) is 0 Å². The third-order valence-corrected chi connectivity index (χ3v) is 13.8. The van der Waals surface area contributed by atoms with Crippen LogP contribution >= 0.6 is 17.0 Å². The minimum absolute atomic E-state index is 0. The Labute approximate surface area is 277 Å². The Balaban J connectivity index is 0.00000144. The van der Waals surface area contributed by atoms with Gasteiger partial charge in [-0.25, -0.2) is 0 Å². The molecule has 8 N–H and O–H groups in total. The Kier molecular flexibility index (Phi) is 9.80. The van der Waals surface area contributed by atoms with E-state index in [1.807, 2.05) is 0 Å². The molecule has 8 unspecified atom stereocenters. The first-order valence-corrected chi connectivity index (χ1v) is 17.9. The van der Waals surface area contributed by atoms with Crippen LogP contribution in [-0.2, 0) is 19.5 Å². The van der Waals surface area contributed by atoms with Crippen molar-refractivity contribution in [1.82, 2.24) is 42.5 Å². The molecule has 42 heavy (non-hydrogen) atoms. The maximum atomic E-state index is 4.26. The molecule has 9 fully saturated rings. The molecule has 5 saturated heterocycles. The van der Waals surface area contributed by atoms with E-state index in [1.165, 1.54) is 103 Å². The van der Waals surface area contributed by atoms with E-state index in [1.54, 1.807) is 0 Å². The van der Waals surface area contributed by atoms with Crippen LogP contribution in [0.1, 0.15) is 103 Å². The van der Waals surface area contributed by atoms with Crippen LogP contribution in [-0.4, -0.2) is 49.3 Å². The summed E-state index contributed by atoms with van der Waals surface area (Å²) in [4.78, 5) is 0. The van der Waals surface area contributed by atoms with Gasteiger partial charge in [-0.2, -0.15) is 0 Å². The van der Waals surface area contributed by atoms with E-state index in [4.69, 9.17) is 0 Å². The number of fused-ring (bicyclic) bond motifs is 20. The fraction of sp³-hybridized carbons (Fsp3) is 1.00. The van der Waals surface area contributed by atoms with Crippen LogP contribution in [0.5, 0.6) is 0 Å². The van der Waals surface area contributed by atoms with Crippen molar-refractivity contribution < 1.29 is 19.5 Å². The van der Waals surface area contributed by atoms with Gasteiger partial charge in [-0.3, -0.25) is 42.5 Å². The van der Waals surface area contributed by atoms with Gasteiger partial charge in [-0.15, -0.1) is 17.0 Å². The van der Waals surface area contributed by atoms with Crippen molar-refractivity contribution in [3.8, 4) is 0 Å². The standard InChI is InChI=1S/C32H56N8.BrH.Zn/c1-2-10-18-17(9-1)25-33-26(18)38-28-21-13-5-6-14-22(21)30(35-28)40-32-24-16-8-7-15-23(24)31(36-32)39-29-20-12-4-3-11-19(20)27(34-29)37-25;;/h17-40H,1-16H2;1H;. The minimum Gasteiger partial charge on any atom is -0.286 e. The fourth-order valence-electron chi connectivity index (χ4n) is 12.0. The maximum absolute atomic E-state index is 4.26. The SMILES string of the molecule is Br.C1CCC2C3NC(NC4NC(NC5NC(NC6NC(N3)C3CCCCC63)C3CCCCC53)C3CCCCC43)C2C1.[Zn]. The molecule has 9 aliphatic rings. The predicted molar refractivity (Wildman–Crippen MR) is 168 cm³/mol. The molecule has 0 aromatic carbocycles. The van der Waals surface area contributed by atoms with Crippen LogP contribution in [0.25, 0.3) is 0 Å². The van der Waals surface area contributed by atoms with E-state index < -0.39 is 0 Å². The average Bonchev–Trinajstić information content (AvgIpc) is 3.73. The van der Waals surface area contributed by atoms with Gasteiger partial charge in [0.25, 0.3) is 0 Å². The zero-order valence-corrected chi connectivity index (χ0v) is 30.3. The van der Waals surface area contributed by atoms with Crippen molar-refractivity contribution >= 4 is 17.0 Å². The molecule has 0 spiro atoms. The van der Waals surface area contributed by atoms with Gasteiger partial charge in [0, 0.05) is 19.5 Å². The Morgan fingerprint density at radius 2 is 0.357 bits per heavy atom. The molecule has 234 valence electrons. The third kappa shape index (κ3) is 5.45. The molecule has 5 heterocycles. The Bertz CT molecular complexity index is 723. The molecule has 8 bridgehead atoms. The molecule has 10 heteroatoms. The van der Waals surface area contributed by atoms with Crippen molar-refractivity contribution in [2.45, 2.75) is 152 Å². The summed E-state index contributed by atoms with van der Waals surface area (Å²) in [5.74, 6) is 5.97. The summed E-state index contributed by atoms with van der Waals surface area (Å²) >= 11 is 0. The first kappa shape index (κ1) is 31.4. The van der Waals surface area contributed by atoms with Crippen LogP contribution in [0.2, 0.25) is 0 Å². The monoisotopic (exact) mass is 696 g/mol. The molecule has 0 aromatic rings. The Morgan fingerprint density at radius 3 is 0.476 bits per heavy atom. The zero-order valence-electron chi connectivity index (χ0n) is 25.7. The van der Waals surface area contributed by atoms with Gasteiger partial charge in [0.05, 0.1) is 49.3 Å². The molecule has 5 aliphatic heterocycles. The van der Waals surface area contributed by atoms with Crippen LogP contribution in [0.4, 0.5) is 0 Å². The van der Waals surface area contributed by atoms with E-state index in [2.05, 4.69) is 42.5 Å². The molecule has 9 rings (SSSR count). The summed E-state index contributed by atoms with van der Waals surface area (Å²) in [6.45, 7) is 0. The summed E-state index contributed by atoms with van der Waals surface area (Å²) in [5.41, 5.74) is 0. The average molecular weight is 699 g/mol. The number of hydrogen-bond acceptors (Lipinski definition) is 8. The van der Waals surface area contributed by atoms with Gasteiger partial charge >= 0.3 is 0 Å². The fourth-order valence-corrected chi connectivity index (χ4v) is 12.0. The second-order valence-corrected chi connectivity index (χ2v) is 15.6. The van der Waals surface area contributed by atoms with Gasteiger partial charge < -0.3 is 0 Å². The summed E-state index contributed by atoms with van der Waals surface area (Å²) in [7, 11) is 0. The molecule has 0 radical (unpaired) electrons. The molecule has 4 aliphatic carbocycles. The van der Waals surface area contributed by atoms with Crippen molar-refractivity contribution in [3.63, 3.8) is 0 Å². The molecule has 8 atom stereocenters. The van der Waals surface area contributed by atoms with Crippen LogP contribution in [0.3, 0.4) is 0 Å². The van der Waals surface area contributed by atoms with Gasteiger partial charge in [-0.05, 0) is 98.7 Å². The van der Waals surface area contributed by atoms with Crippen molar-refractivity contribution in [2.24, 2.45) is 47.3 Å². The first-order chi connectivity index (χ1) is 19.8. The number of rotatable bonds is 0. The van der Waals surface area contributed by atoms with Crippen LogP contribution < -0.4 is 42.5 Å². The number of hydrogen-bond donors (Lipinski definition) is 8. The molecule has 8 nitrogen and oxygen atoms in total. The van der Waals surface area contributed by atoms with Gasteiger partial charge in [0.15, 0.2) is 0 Å². The van der Waals surface area contributed by atoms with Crippen LogP contribution in [0.15, 0.2) is 0 Å². The molecular weight excluding hydrogens is 642 g/mol. The summed E-state index contributed by atoms with van der Waals surface area (Å²) in [6, 6.07) is 0. The summed E-state index contributed by atoms with van der Waals surface area (Å²) < 4.78 is 0. The zero-order chi connectivity index (χ0) is 26.2. The topological polar surface area (TPSA) is 96.2 Å². The van der Waals surface area contributed by atoms with Gasteiger partial charge in [0.2, 0.25) is 0 Å². The number of halogens is 1. The van der Waals surface area contributed by atoms with Crippen molar-refractivity contribution in [1.29, 1.82) is 0 Å². The second kappa shape index (κ2) is 13.1. The number of nitrogens with one attached hydrogen (secondary N) is 8. The smallest absolute Gasteiger partial charge is 0.0628 e. The molecular formula is C32H57BrN8Zn.